The number of imidazole rings is 1. The first-order valence-electron chi connectivity index (χ1n) is 4.68. The summed E-state index contributed by atoms with van der Waals surface area (Å²) < 4.78 is 7.18. The van der Waals surface area contributed by atoms with E-state index in [1.807, 2.05) is 27.8 Å². The lowest BCUT2D eigenvalue weighted by atomic mass is 10.5. The largest absolute Gasteiger partial charge is 0.327 e. The van der Waals surface area contributed by atoms with Crippen LogP contribution in [0, 0.1) is 9.41 Å². The van der Waals surface area contributed by atoms with Gasteiger partial charge in [0.25, 0.3) is 0 Å². The number of nitrogens with zero attached hydrogens (tertiary/aromatic N) is 4. The molecule has 0 amide bonds. The number of aromatic nitrogens is 4. The van der Waals surface area contributed by atoms with Crippen molar-refractivity contribution in [1.82, 2.24) is 18.7 Å². The highest BCUT2D eigenvalue weighted by molar-refractivity contribution is 7.72. The third-order valence-corrected chi connectivity index (χ3v) is 3.57. The average Bonchev–Trinajstić information content (AvgIpc) is 2.67. The maximum absolute atomic E-state index is 5.37. The van der Waals surface area contributed by atoms with E-state index in [4.69, 9.17) is 24.4 Å². The number of fused-ring (bicyclic) bond motifs is 1. The van der Waals surface area contributed by atoms with Crippen LogP contribution in [-0.2, 0) is 20.6 Å². The van der Waals surface area contributed by atoms with Gasteiger partial charge in [-0.15, -0.1) is 0 Å². The second-order valence-corrected chi connectivity index (χ2v) is 4.16. The monoisotopic (exact) mass is 240 g/mol. The fourth-order valence-electron chi connectivity index (χ4n) is 1.64. The SMILES string of the molecule is CCn1cnc2c1c(=S)n(C)c(=S)n2C. The lowest BCUT2D eigenvalue weighted by Crippen LogP contribution is -2.07. The van der Waals surface area contributed by atoms with Crippen molar-refractivity contribution in [2.75, 3.05) is 0 Å². The Morgan fingerprint density at radius 2 is 1.93 bits per heavy atom. The van der Waals surface area contributed by atoms with Gasteiger partial charge in [-0.3, -0.25) is 0 Å². The zero-order valence-corrected chi connectivity index (χ0v) is 10.5. The Hall–Kier alpha value is -1.01. The predicted octanol–water partition coefficient (Wildman–Crippen LogP) is 2.19. The van der Waals surface area contributed by atoms with Crippen molar-refractivity contribution in [3.8, 4) is 0 Å². The molecule has 0 N–H and O–H groups in total. The summed E-state index contributed by atoms with van der Waals surface area (Å²) in [5.74, 6) is 0. The third-order valence-electron chi connectivity index (χ3n) is 2.56. The molecule has 0 aliphatic carbocycles. The Bertz CT molecular complexity index is 632. The van der Waals surface area contributed by atoms with E-state index in [9.17, 15) is 0 Å². The number of hydrogen-bond acceptors (Lipinski definition) is 3. The fourth-order valence-corrected chi connectivity index (χ4v) is 2.17. The Morgan fingerprint density at radius 1 is 1.27 bits per heavy atom. The summed E-state index contributed by atoms with van der Waals surface area (Å²) >= 11 is 10.6. The molecule has 2 aromatic rings. The van der Waals surface area contributed by atoms with Crippen molar-refractivity contribution in [3.05, 3.63) is 15.7 Å². The lowest BCUT2D eigenvalue weighted by molar-refractivity contribution is 0.740. The molecule has 0 aromatic carbocycles. The van der Waals surface area contributed by atoms with Crippen LogP contribution in [0.25, 0.3) is 11.2 Å². The van der Waals surface area contributed by atoms with Crippen molar-refractivity contribution >= 4 is 35.6 Å². The molecule has 0 fully saturated rings. The second kappa shape index (κ2) is 3.53. The van der Waals surface area contributed by atoms with Crippen LogP contribution < -0.4 is 0 Å². The Morgan fingerprint density at radius 3 is 2.53 bits per heavy atom. The molecule has 2 aromatic heterocycles. The molecule has 2 heterocycles. The van der Waals surface area contributed by atoms with Gasteiger partial charge < -0.3 is 13.7 Å². The highest BCUT2D eigenvalue weighted by Gasteiger charge is 2.08. The van der Waals surface area contributed by atoms with Gasteiger partial charge >= 0.3 is 0 Å². The minimum atomic E-state index is 0.689. The molecular formula is C9H12N4S2. The minimum Gasteiger partial charge on any atom is -0.327 e. The van der Waals surface area contributed by atoms with Crippen molar-refractivity contribution in [3.63, 3.8) is 0 Å². The van der Waals surface area contributed by atoms with E-state index in [2.05, 4.69) is 11.9 Å². The van der Waals surface area contributed by atoms with Gasteiger partial charge in [-0.2, -0.15) is 0 Å². The molecule has 0 bridgehead atoms. The summed E-state index contributed by atoms with van der Waals surface area (Å²) in [6.07, 6.45) is 1.80. The van der Waals surface area contributed by atoms with E-state index in [-0.39, 0.29) is 0 Å². The number of aryl methyl sites for hydroxylation is 2. The first kappa shape index (κ1) is 10.5. The highest BCUT2D eigenvalue weighted by atomic mass is 32.1. The van der Waals surface area contributed by atoms with E-state index in [1.54, 1.807) is 6.33 Å². The van der Waals surface area contributed by atoms with Gasteiger partial charge in [0.1, 0.15) is 10.2 Å². The molecule has 0 atom stereocenters. The number of rotatable bonds is 1. The van der Waals surface area contributed by atoms with Crippen molar-refractivity contribution < 1.29 is 0 Å². The fraction of sp³-hybridized carbons (Fsp3) is 0.444. The molecular weight excluding hydrogens is 228 g/mol. The average molecular weight is 240 g/mol. The van der Waals surface area contributed by atoms with Crippen LogP contribution in [0.2, 0.25) is 0 Å². The van der Waals surface area contributed by atoms with Crippen LogP contribution in [0.15, 0.2) is 6.33 Å². The smallest absolute Gasteiger partial charge is 0.182 e. The van der Waals surface area contributed by atoms with Crippen LogP contribution >= 0.6 is 24.4 Å². The molecule has 2 rings (SSSR count). The maximum atomic E-state index is 5.37. The summed E-state index contributed by atoms with van der Waals surface area (Å²) in [7, 11) is 3.80. The molecule has 0 saturated heterocycles. The normalized spacial score (nSPS) is 11.1. The zero-order chi connectivity index (χ0) is 11.2. The minimum absolute atomic E-state index is 0.689. The van der Waals surface area contributed by atoms with E-state index < -0.39 is 0 Å². The van der Waals surface area contributed by atoms with Gasteiger partial charge in [0.2, 0.25) is 0 Å². The topological polar surface area (TPSA) is 27.7 Å². The van der Waals surface area contributed by atoms with E-state index in [1.165, 1.54) is 0 Å². The highest BCUT2D eigenvalue weighted by Crippen LogP contribution is 2.14. The zero-order valence-electron chi connectivity index (χ0n) is 8.89. The predicted molar refractivity (Wildman–Crippen MR) is 65.0 cm³/mol. The van der Waals surface area contributed by atoms with Crippen LogP contribution in [0.3, 0.4) is 0 Å². The van der Waals surface area contributed by atoms with Crippen molar-refractivity contribution in [2.24, 2.45) is 14.1 Å². The van der Waals surface area contributed by atoms with E-state index in [0.29, 0.717) is 4.77 Å². The molecule has 0 unspecified atom stereocenters. The van der Waals surface area contributed by atoms with Gasteiger partial charge in [-0.05, 0) is 19.1 Å². The quantitative estimate of drug-likeness (QED) is 0.715. The van der Waals surface area contributed by atoms with Crippen LogP contribution in [0.1, 0.15) is 6.92 Å². The second-order valence-electron chi connectivity index (χ2n) is 3.41. The van der Waals surface area contributed by atoms with Crippen LogP contribution in [0.5, 0.6) is 0 Å². The first-order valence-corrected chi connectivity index (χ1v) is 5.50. The Kier molecular flexibility index (Phi) is 2.47. The molecule has 4 nitrogen and oxygen atoms in total. The summed E-state index contributed by atoms with van der Waals surface area (Å²) in [4.78, 5) is 4.33. The number of hydrogen-bond donors (Lipinski definition) is 0. The molecule has 0 spiro atoms. The Labute approximate surface area is 97.8 Å². The lowest BCUT2D eigenvalue weighted by Gasteiger charge is -2.07. The van der Waals surface area contributed by atoms with Gasteiger partial charge in [-0.1, -0.05) is 12.2 Å². The molecule has 0 radical (unpaired) electrons. The van der Waals surface area contributed by atoms with Gasteiger partial charge in [0.05, 0.1) is 6.33 Å². The molecule has 6 heteroatoms. The maximum Gasteiger partial charge on any atom is 0.182 e. The van der Waals surface area contributed by atoms with Gasteiger partial charge in [0.15, 0.2) is 10.4 Å². The summed E-state index contributed by atoms with van der Waals surface area (Å²) in [6.45, 7) is 2.93. The molecule has 80 valence electrons. The molecule has 0 saturated carbocycles. The van der Waals surface area contributed by atoms with Crippen molar-refractivity contribution in [2.45, 2.75) is 13.5 Å². The molecule has 15 heavy (non-hydrogen) atoms. The summed E-state index contributed by atoms with van der Waals surface area (Å²) in [6, 6.07) is 0. The summed E-state index contributed by atoms with van der Waals surface area (Å²) in [5.41, 5.74) is 1.83. The van der Waals surface area contributed by atoms with Crippen LogP contribution in [0.4, 0.5) is 0 Å². The summed E-state index contributed by atoms with van der Waals surface area (Å²) in [5, 5.41) is 0. The van der Waals surface area contributed by atoms with Gasteiger partial charge in [0, 0.05) is 20.6 Å². The standard InChI is InChI=1S/C9H12N4S2/c1-4-13-5-10-7-6(13)8(14)12(3)9(15)11(7)2/h5H,4H2,1-3H3. The molecule has 0 aliphatic rings. The third kappa shape index (κ3) is 1.36. The van der Waals surface area contributed by atoms with E-state index in [0.717, 1.165) is 22.3 Å². The van der Waals surface area contributed by atoms with Gasteiger partial charge in [-0.25, -0.2) is 4.98 Å². The molecule has 0 aliphatic heterocycles. The first-order chi connectivity index (χ1) is 7.07. The van der Waals surface area contributed by atoms with Crippen LogP contribution in [-0.4, -0.2) is 18.7 Å². The van der Waals surface area contributed by atoms with E-state index >= 15 is 0 Å². The Balaban J connectivity index is 3.11. The van der Waals surface area contributed by atoms with Crippen molar-refractivity contribution in [1.29, 1.82) is 0 Å².